The van der Waals surface area contributed by atoms with Crippen molar-refractivity contribution in [2.24, 2.45) is 0 Å². The second kappa shape index (κ2) is 4.46. The molecule has 2 bridgehead atoms. The first kappa shape index (κ1) is 12.9. The Balaban J connectivity index is 1.53. The van der Waals surface area contributed by atoms with Crippen LogP contribution >= 0.6 is 0 Å². The van der Waals surface area contributed by atoms with Crippen LogP contribution in [-0.2, 0) is 4.74 Å². The number of nitrogens with zero attached hydrogens (tertiary/aromatic N) is 1. The van der Waals surface area contributed by atoms with Crippen molar-refractivity contribution < 1.29 is 9.84 Å². The molecule has 2 heterocycles. The molecule has 1 N–H and O–H groups in total. The fourth-order valence-electron chi connectivity index (χ4n) is 4.16. The van der Waals surface area contributed by atoms with Crippen molar-refractivity contribution in [2.45, 2.75) is 95.2 Å². The average Bonchev–Trinajstić information content (AvgIpc) is 2.42. The summed E-state index contributed by atoms with van der Waals surface area (Å²) in [7, 11) is 0. The number of fused-ring (bicyclic) bond motifs is 2. The minimum absolute atomic E-state index is 0.00723. The first-order valence-electron chi connectivity index (χ1n) is 7.56. The van der Waals surface area contributed by atoms with E-state index in [1.165, 1.54) is 25.7 Å². The fourth-order valence-corrected chi connectivity index (χ4v) is 4.16. The highest BCUT2D eigenvalue weighted by Crippen LogP contribution is 2.43. The summed E-state index contributed by atoms with van der Waals surface area (Å²) in [6, 6.07) is 2.03. The molecule has 1 aliphatic carbocycles. The molecule has 0 aromatic heterocycles. The van der Waals surface area contributed by atoms with Gasteiger partial charge in [0.05, 0.1) is 17.8 Å². The monoisotopic (exact) mass is 253 g/mol. The van der Waals surface area contributed by atoms with Crippen molar-refractivity contribution >= 4 is 0 Å². The molecule has 1 saturated carbocycles. The van der Waals surface area contributed by atoms with Crippen LogP contribution in [-0.4, -0.2) is 45.9 Å². The third-order valence-electron chi connectivity index (χ3n) is 4.78. The van der Waals surface area contributed by atoms with Gasteiger partial charge in [0.15, 0.2) is 0 Å². The topological polar surface area (TPSA) is 32.7 Å². The van der Waals surface area contributed by atoms with Crippen molar-refractivity contribution in [3.63, 3.8) is 0 Å². The molecule has 2 unspecified atom stereocenters. The summed E-state index contributed by atoms with van der Waals surface area (Å²) >= 11 is 0. The van der Waals surface area contributed by atoms with Gasteiger partial charge in [-0.15, -0.1) is 0 Å². The Morgan fingerprint density at radius 3 is 2.00 bits per heavy atom. The molecule has 0 aromatic rings. The Labute approximate surface area is 110 Å². The molecule has 2 aliphatic heterocycles. The van der Waals surface area contributed by atoms with Crippen molar-refractivity contribution in [3.8, 4) is 0 Å². The number of hydrogen-bond donors (Lipinski definition) is 1. The highest BCUT2D eigenvalue weighted by Gasteiger charge is 2.47. The lowest BCUT2D eigenvalue weighted by Crippen LogP contribution is -2.57. The van der Waals surface area contributed by atoms with E-state index < -0.39 is 0 Å². The number of hydrogen-bond acceptors (Lipinski definition) is 3. The van der Waals surface area contributed by atoms with E-state index in [4.69, 9.17) is 4.74 Å². The zero-order valence-electron chi connectivity index (χ0n) is 11.9. The molecule has 3 rings (SSSR count). The van der Waals surface area contributed by atoms with Gasteiger partial charge in [-0.3, -0.25) is 4.90 Å². The number of piperidine rings is 1. The summed E-state index contributed by atoms with van der Waals surface area (Å²) < 4.78 is 6.03. The molecule has 18 heavy (non-hydrogen) atoms. The summed E-state index contributed by atoms with van der Waals surface area (Å²) in [5, 5.41) is 9.83. The maximum atomic E-state index is 9.83. The average molecular weight is 253 g/mol. The molecule has 0 radical (unpaired) electrons. The van der Waals surface area contributed by atoms with Crippen molar-refractivity contribution in [1.29, 1.82) is 0 Å². The van der Waals surface area contributed by atoms with Gasteiger partial charge in [0.1, 0.15) is 0 Å². The maximum Gasteiger partial charge on any atom is 0.0612 e. The normalized spacial score (nSPS) is 45.0. The second-order valence-electron chi connectivity index (χ2n) is 7.43. The number of rotatable bonds is 2. The molecule has 3 fully saturated rings. The van der Waals surface area contributed by atoms with E-state index in [1.54, 1.807) is 0 Å². The van der Waals surface area contributed by atoms with Crippen molar-refractivity contribution in [2.75, 3.05) is 0 Å². The summed E-state index contributed by atoms with van der Waals surface area (Å²) in [6.45, 7) is 6.42. The van der Waals surface area contributed by atoms with Crippen LogP contribution in [0.4, 0.5) is 0 Å². The number of aliphatic hydroxyl groups is 1. The highest BCUT2D eigenvalue weighted by molar-refractivity contribution is 5.02. The Morgan fingerprint density at radius 1 is 0.944 bits per heavy atom. The second-order valence-corrected chi connectivity index (χ2v) is 7.43. The third kappa shape index (κ3) is 2.45. The highest BCUT2D eigenvalue weighted by atomic mass is 16.5. The van der Waals surface area contributed by atoms with Gasteiger partial charge >= 0.3 is 0 Å². The fraction of sp³-hybridized carbons (Fsp3) is 1.00. The van der Waals surface area contributed by atoms with Gasteiger partial charge in [0.2, 0.25) is 0 Å². The SMILES string of the molecule is CC(C)(C)OC1CC(N2C3CCC2CC(O)C3)C1. The summed E-state index contributed by atoms with van der Waals surface area (Å²) in [5.41, 5.74) is -0.00723. The summed E-state index contributed by atoms with van der Waals surface area (Å²) in [4.78, 5) is 2.72. The first-order chi connectivity index (χ1) is 8.42. The van der Waals surface area contributed by atoms with E-state index in [1.807, 2.05) is 0 Å². The molecule has 0 aromatic carbocycles. The summed E-state index contributed by atoms with van der Waals surface area (Å²) in [5.74, 6) is 0. The zero-order valence-corrected chi connectivity index (χ0v) is 11.9. The van der Waals surface area contributed by atoms with Gasteiger partial charge in [-0.05, 0) is 59.3 Å². The van der Waals surface area contributed by atoms with Crippen LogP contribution in [0, 0.1) is 0 Å². The molecule has 2 saturated heterocycles. The van der Waals surface area contributed by atoms with Crippen molar-refractivity contribution in [3.05, 3.63) is 0 Å². The first-order valence-corrected chi connectivity index (χ1v) is 7.56. The van der Waals surface area contributed by atoms with Gasteiger partial charge in [-0.25, -0.2) is 0 Å². The van der Waals surface area contributed by atoms with Gasteiger partial charge in [-0.1, -0.05) is 0 Å². The van der Waals surface area contributed by atoms with Gasteiger partial charge in [0.25, 0.3) is 0 Å². The molecule has 0 spiro atoms. The largest absolute Gasteiger partial charge is 0.393 e. The Bertz CT molecular complexity index is 292. The van der Waals surface area contributed by atoms with Gasteiger partial charge < -0.3 is 9.84 Å². The molecule has 2 atom stereocenters. The van der Waals surface area contributed by atoms with Crippen LogP contribution in [0.2, 0.25) is 0 Å². The Morgan fingerprint density at radius 2 is 1.50 bits per heavy atom. The van der Waals surface area contributed by atoms with Gasteiger partial charge in [0, 0.05) is 18.1 Å². The minimum atomic E-state index is -0.0413. The molecule has 0 amide bonds. The third-order valence-corrected chi connectivity index (χ3v) is 4.78. The van der Waals surface area contributed by atoms with E-state index >= 15 is 0 Å². The van der Waals surface area contributed by atoms with E-state index in [9.17, 15) is 5.11 Å². The smallest absolute Gasteiger partial charge is 0.0612 e. The molecule has 3 aliphatic rings. The van der Waals surface area contributed by atoms with E-state index in [2.05, 4.69) is 25.7 Å². The van der Waals surface area contributed by atoms with Crippen LogP contribution in [0.15, 0.2) is 0 Å². The standard InChI is InChI=1S/C15H27NO2/c1-15(2,3)18-14-8-12(9-14)16-10-4-5-11(16)7-13(17)6-10/h10-14,17H,4-9H2,1-3H3. The lowest BCUT2D eigenvalue weighted by Gasteiger charge is -2.50. The molecule has 3 heteroatoms. The van der Waals surface area contributed by atoms with E-state index in [0.717, 1.165) is 18.9 Å². The van der Waals surface area contributed by atoms with Crippen LogP contribution in [0.3, 0.4) is 0 Å². The van der Waals surface area contributed by atoms with Crippen LogP contribution in [0.25, 0.3) is 0 Å². The molecular weight excluding hydrogens is 226 g/mol. The van der Waals surface area contributed by atoms with Crippen molar-refractivity contribution in [1.82, 2.24) is 4.90 Å². The molecule has 104 valence electrons. The predicted octanol–water partition coefficient (Wildman–Crippen LogP) is 2.32. The maximum absolute atomic E-state index is 9.83. The van der Waals surface area contributed by atoms with Crippen LogP contribution in [0.5, 0.6) is 0 Å². The van der Waals surface area contributed by atoms with Crippen LogP contribution < -0.4 is 0 Å². The number of ether oxygens (including phenoxy) is 1. The Hall–Kier alpha value is -0.120. The zero-order chi connectivity index (χ0) is 12.9. The summed E-state index contributed by atoms with van der Waals surface area (Å²) in [6.07, 6.45) is 7.39. The molecule has 3 nitrogen and oxygen atoms in total. The lowest BCUT2D eigenvalue weighted by molar-refractivity contribution is -0.133. The van der Waals surface area contributed by atoms with E-state index in [-0.39, 0.29) is 11.7 Å². The van der Waals surface area contributed by atoms with E-state index in [0.29, 0.717) is 18.2 Å². The lowest BCUT2D eigenvalue weighted by atomic mass is 9.84. The molecular formula is C15H27NO2. The quantitative estimate of drug-likeness (QED) is 0.820. The number of aliphatic hydroxyl groups excluding tert-OH is 1. The minimum Gasteiger partial charge on any atom is -0.393 e. The predicted molar refractivity (Wildman–Crippen MR) is 71.5 cm³/mol. The van der Waals surface area contributed by atoms with Crippen LogP contribution in [0.1, 0.15) is 59.3 Å². The Kier molecular flexibility index (Phi) is 3.20. The van der Waals surface area contributed by atoms with Gasteiger partial charge in [-0.2, -0.15) is 0 Å².